The molecule has 4 amide bonds. The zero-order valence-electron chi connectivity index (χ0n) is 34.8. The Balaban J connectivity index is 0.831. The number of carbonyl (C=O) groups is 4. The van der Waals surface area contributed by atoms with Gasteiger partial charge in [0.2, 0.25) is 17.7 Å². The second-order valence-corrected chi connectivity index (χ2v) is 17.9. The van der Waals surface area contributed by atoms with Crippen LogP contribution in [-0.2, 0) is 25.5 Å². The van der Waals surface area contributed by atoms with Crippen molar-refractivity contribution in [1.82, 2.24) is 35.1 Å². The molecule has 13 nitrogen and oxygen atoms in total. The second-order valence-electron chi connectivity index (χ2n) is 17.9. The van der Waals surface area contributed by atoms with Crippen LogP contribution in [0.15, 0.2) is 47.3 Å². The van der Waals surface area contributed by atoms with Crippen molar-refractivity contribution >= 4 is 34.4 Å². The van der Waals surface area contributed by atoms with E-state index in [0.717, 1.165) is 64.5 Å². The molecule has 3 saturated heterocycles. The molecule has 1 atom stereocenters. The van der Waals surface area contributed by atoms with E-state index in [4.69, 9.17) is 4.74 Å². The number of carbonyl (C=O) groups excluding carboxylic acids is 4. The van der Waals surface area contributed by atoms with Crippen LogP contribution in [-0.4, -0.2) is 131 Å². The van der Waals surface area contributed by atoms with Crippen molar-refractivity contribution in [2.24, 2.45) is 11.3 Å². The van der Waals surface area contributed by atoms with E-state index >= 15 is 4.39 Å². The maximum atomic E-state index is 15.0. The minimum absolute atomic E-state index is 0.0209. The number of hydrogen-bond acceptors (Lipinski definition) is 8. The molecule has 0 unspecified atom stereocenters. The number of halogens is 1. The molecular weight excluding hydrogens is 754 g/mol. The van der Waals surface area contributed by atoms with E-state index in [1.54, 1.807) is 34.1 Å². The highest BCUT2D eigenvalue weighted by Gasteiger charge is 2.38. The van der Waals surface area contributed by atoms with Crippen molar-refractivity contribution < 1.29 is 28.3 Å². The third kappa shape index (κ3) is 10.4. The first-order chi connectivity index (χ1) is 28.3. The van der Waals surface area contributed by atoms with Crippen molar-refractivity contribution in [2.75, 3.05) is 58.9 Å². The van der Waals surface area contributed by atoms with Crippen LogP contribution in [0.4, 0.5) is 4.39 Å². The molecule has 14 heteroatoms. The third-order valence-corrected chi connectivity index (χ3v) is 12.7. The summed E-state index contributed by atoms with van der Waals surface area (Å²) in [5.74, 6) is -0.844. The molecule has 318 valence electrons. The monoisotopic (exact) mass is 813 g/mol. The third-order valence-electron chi connectivity index (χ3n) is 12.7. The maximum Gasteiger partial charge on any atom is 0.272 e. The van der Waals surface area contributed by atoms with Gasteiger partial charge in [-0.05, 0) is 68.2 Å². The fraction of sp³-hybridized carbons (Fsp3) is 0.600. The molecule has 7 rings (SSSR count). The van der Waals surface area contributed by atoms with Crippen molar-refractivity contribution in [1.29, 1.82) is 0 Å². The number of rotatable bonds is 10. The van der Waals surface area contributed by atoms with Crippen LogP contribution in [0, 0.1) is 17.2 Å². The van der Waals surface area contributed by atoms with E-state index in [1.165, 1.54) is 12.5 Å². The van der Waals surface area contributed by atoms with Gasteiger partial charge in [-0.1, -0.05) is 64.3 Å². The summed E-state index contributed by atoms with van der Waals surface area (Å²) in [4.78, 5) is 73.3. The number of hydrogen-bond donors (Lipinski definition) is 2. The molecule has 0 spiro atoms. The largest absolute Gasteiger partial charge is 0.375 e. The summed E-state index contributed by atoms with van der Waals surface area (Å²) < 4.78 is 21.6. The predicted octanol–water partition coefficient (Wildman–Crippen LogP) is 4.52. The van der Waals surface area contributed by atoms with E-state index in [9.17, 15) is 24.0 Å². The zero-order chi connectivity index (χ0) is 41.7. The summed E-state index contributed by atoms with van der Waals surface area (Å²) in [6.07, 6.45) is 9.03. The van der Waals surface area contributed by atoms with Gasteiger partial charge in [0.05, 0.1) is 35.4 Å². The van der Waals surface area contributed by atoms with Crippen molar-refractivity contribution in [3.63, 3.8) is 0 Å². The molecule has 4 heterocycles. The molecule has 1 saturated carbocycles. The highest BCUT2D eigenvalue weighted by atomic mass is 19.1. The van der Waals surface area contributed by atoms with E-state index in [1.807, 2.05) is 37.8 Å². The van der Waals surface area contributed by atoms with Crippen molar-refractivity contribution in [3.8, 4) is 0 Å². The van der Waals surface area contributed by atoms with Crippen LogP contribution in [0.25, 0.3) is 10.8 Å². The quantitative estimate of drug-likeness (QED) is 0.304. The number of ether oxygens (including phenoxy) is 1. The van der Waals surface area contributed by atoms with Gasteiger partial charge in [0.25, 0.3) is 11.5 Å². The van der Waals surface area contributed by atoms with Crippen LogP contribution in [0.3, 0.4) is 0 Å². The lowest BCUT2D eigenvalue weighted by atomic mass is 9.82. The molecule has 59 heavy (non-hydrogen) atoms. The summed E-state index contributed by atoms with van der Waals surface area (Å²) >= 11 is 0. The number of aromatic amines is 1. The Morgan fingerprint density at radius 2 is 1.44 bits per heavy atom. The molecule has 4 fully saturated rings. The highest BCUT2D eigenvalue weighted by Crippen LogP contribution is 2.30. The van der Waals surface area contributed by atoms with Gasteiger partial charge < -0.3 is 24.8 Å². The fourth-order valence-corrected chi connectivity index (χ4v) is 9.06. The number of nitrogens with zero attached hydrogens (tertiary/aromatic N) is 5. The van der Waals surface area contributed by atoms with Crippen LogP contribution in [0.1, 0.15) is 100 Å². The van der Waals surface area contributed by atoms with E-state index in [0.29, 0.717) is 74.3 Å². The van der Waals surface area contributed by atoms with E-state index < -0.39 is 23.2 Å². The first-order valence-electron chi connectivity index (χ1n) is 21.6. The zero-order valence-corrected chi connectivity index (χ0v) is 34.8. The number of piperazine rings is 1. The average molecular weight is 814 g/mol. The summed E-state index contributed by atoms with van der Waals surface area (Å²) in [6.45, 7) is 10.1. The van der Waals surface area contributed by atoms with Gasteiger partial charge in [-0.25, -0.2) is 9.49 Å². The lowest BCUT2D eigenvalue weighted by molar-refractivity contribution is -0.143. The summed E-state index contributed by atoms with van der Waals surface area (Å²) in [6, 6.07) is 11.2. The Kier molecular flexibility index (Phi) is 13.5. The van der Waals surface area contributed by atoms with Crippen LogP contribution >= 0.6 is 0 Å². The smallest absolute Gasteiger partial charge is 0.272 e. The molecular formula is C45H60FN7O6. The van der Waals surface area contributed by atoms with Gasteiger partial charge in [-0.2, -0.15) is 5.10 Å². The van der Waals surface area contributed by atoms with Gasteiger partial charge in [0, 0.05) is 69.6 Å². The fourth-order valence-electron chi connectivity index (χ4n) is 9.06. The van der Waals surface area contributed by atoms with Gasteiger partial charge in [0.15, 0.2) is 0 Å². The number of aromatic nitrogens is 2. The number of fused-ring (bicyclic) bond motifs is 1. The summed E-state index contributed by atoms with van der Waals surface area (Å²) in [5.41, 5.74) is 0.460. The van der Waals surface area contributed by atoms with E-state index in [2.05, 4.69) is 20.4 Å². The van der Waals surface area contributed by atoms with Crippen LogP contribution in [0.5, 0.6) is 0 Å². The van der Waals surface area contributed by atoms with Gasteiger partial charge >= 0.3 is 0 Å². The minimum Gasteiger partial charge on any atom is -0.375 e. The number of amides is 4. The standard InChI is InChI=1S/C45H60FN7O6/c1-45(2,3)44(58)47-40(31-9-5-4-6-10-31)43(57)52-21-17-33(18-22-52)59-32-15-19-50(20-16-32)29-39(54)51-23-25-53(26-24-51)42(56)36-27-30(13-14-37(36)46)28-38-34-11-7-8-12-35(34)41(55)49-48-38/h7-8,11-14,27,31-33,40H,4-6,9-10,15-26,28-29H2,1-3H3,(H,47,58)(H,49,55)/t40-/m1/s1. The van der Waals surface area contributed by atoms with Crippen molar-refractivity contribution in [3.05, 3.63) is 75.5 Å². The van der Waals surface area contributed by atoms with Gasteiger partial charge in [0.1, 0.15) is 11.9 Å². The highest BCUT2D eigenvalue weighted by molar-refractivity contribution is 5.95. The molecule has 1 aliphatic carbocycles. The molecule has 3 aromatic rings. The average Bonchev–Trinajstić information content (AvgIpc) is 3.25. The van der Waals surface area contributed by atoms with Crippen LogP contribution < -0.4 is 10.9 Å². The van der Waals surface area contributed by atoms with Gasteiger partial charge in [-0.3, -0.25) is 28.9 Å². The van der Waals surface area contributed by atoms with Gasteiger partial charge in [-0.15, -0.1) is 0 Å². The summed E-state index contributed by atoms with van der Waals surface area (Å²) in [7, 11) is 0. The number of likely N-dealkylation sites (tertiary alicyclic amines) is 2. The Hall–Kier alpha value is -4.69. The number of piperidine rings is 2. The number of nitrogens with one attached hydrogen (secondary N) is 2. The Morgan fingerprint density at radius 1 is 0.814 bits per heavy atom. The normalized spacial score (nSPS) is 19.8. The Bertz CT molecular complexity index is 2040. The topological polar surface area (TPSA) is 148 Å². The first kappa shape index (κ1) is 42.4. The molecule has 1 aromatic heterocycles. The lowest BCUT2D eigenvalue weighted by Gasteiger charge is -2.40. The molecule has 2 N–H and O–H groups in total. The predicted molar refractivity (Wildman–Crippen MR) is 222 cm³/mol. The SMILES string of the molecule is CC(C)(C)C(=O)N[C@@H](C(=O)N1CCC(OC2CCN(CC(=O)N3CCN(C(=O)c4cc(Cc5n[nH]c(=O)c6ccccc56)ccc4F)CC3)CC2)CC1)C1CCCCC1. The molecule has 0 radical (unpaired) electrons. The Morgan fingerprint density at radius 3 is 2.10 bits per heavy atom. The summed E-state index contributed by atoms with van der Waals surface area (Å²) in [5, 5.41) is 11.1. The molecule has 4 aliphatic rings. The number of benzene rings is 2. The molecule has 2 aromatic carbocycles. The van der Waals surface area contributed by atoms with Crippen molar-refractivity contribution in [2.45, 2.75) is 103 Å². The molecule has 3 aliphatic heterocycles. The first-order valence-corrected chi connectivity index (χ1v) is 21.6. The van der Waals surface area contributed by atoms with Crippen LogP contribution in [0.2, 0.25) is 0 Å². The lowest BCUT2D eigenvalue weighted by Crippen LogP contribution is -2.56. The minimum atomic E-state index is -0.606. The second kappa shape index (κ2) is 18.7. The number of H-pyrrole nitrogens is 1. The Labute approximate surface area is 346 Å². The maximum absolute atomic E-state index is 15.0. The molecule has 0 bridgehead atoms. The van der Waals surface area contributed by atoms with E-state index in [-0.39, 0.29) is 47.0 Å².